The molecule has 0 bridgehead atoms. The molecular formula is C22H37IN4O3. The van der Waals surface area contributed by atoms with Gasteiger partial charge in [0.2, 0.25) is 5.91 Å². The molecule has 0 aliphatic heterocycles. The molecule has 1 aliphatic carbocycles. The first kappa shape index (κ1) is 26.3. The highest BCUT2D eigenvalue weighted by molar-refractivity contribution is 14.0. The van der Waals surface area contributed by atoms with E-state index in [1.807, 2.05) is 31.2 Å². The Bertz CT molecular complexity index is 664. The van der Waals surface area contributed by atoms with Crippen LogP contribution in [0.15, 0.2) is 29.3 Å². The van der Waals surface area contributed by atoms with Crippen molar-refractivity contribution < 1.29 is 14.3 Å². The third kappa shape index (κ3) is 9.40. The first-order chi connectivity index (χ1) is 14.0. The van der Waals surface area contributed by atoms with Crippen LogP contribution in [-0.2, 0) is 4.79 Å². The molecule has 1 atom stereocenters. The summed E-state index contributed by atoms with van der Waals surface area (Å²) >= 11 is 0. The number of hydrogen-bond acceptors (Lipinski definition) is 4. The SMILES string of the molecule is COc1ccccc1OC(C)CNC(=NCC(=O)N(C)C)NCC1CCCCC1.I. The Kier molecular flexibility index (Phi) is 12.6. The van der Waals surface area contributed by atoms with Gasteiger partial charge in [0.25, 0.3) is 0 Å². The maximum Gasteiger partial charge on any atom is 0.243 e. The molecule has 0 heterocycles. The number of rotatable bonds is 9. The minimum atomic E-state index is -0.0995. The molecule has 1 aromatic carbocycles. The molecule has 8 heteroatoms. The standard InChI is InChI=1S/C22H36N4O3.HI/c1-17(29-20-13-9-8-12-19(20)28-4)14-23-22(25-16-21(27)26(2)3)24-15-18-10-6-5-7-11-18;/h8-9,12-13,17-18H,5-7,10-11,14-16H2,1-4H3,(H2,23,24,25);1H. The Balaban J connectivity index is 0.00000450. The number of hydrogen-bond donors (Lipinski definition) is 2. The first-order valence-corrected chi connectivity index (χ1v) is 10.5. The van der Waals surface area contributed by atoms with E-state index >= 15 is 0 Å². The maximum atomic E-state index is 11.9. The van der Waals surface area contributed by atoms with Gasteiger partial charge in [-0.2, -0.15) is 0 Å². The highest BCUT2D eigenvalue weighted by Crippen LogP contribution is 2.26. The largest absolute Gasteiger partial charge is 0.493 e. The summed E-state index contributed by atoms with van der Waals surface area (Å²) in [5.41, 5.74) is 0. The van der Waals surface area contributed by atoms with Crippen LogP contribution in [0.4, 0.5) is 0 Å². The quantitative estimate of drug-likeness (QED) is 0.290. The van der Waals surface area contributed by atoms with E-state index in [1.54, 1.807) is 26.1 Å². The predicted molar refractivity (Wildman–Crippen MR) is 132 cm³/mol. The molecule has 2 rings (SSSR count). The van der Waals surface area contributed by atoms with Crippen LogP contribution in [-0.4, -0.2) is 63.7 Å². The van der Waals surface area contributed by atoms with Gasteiger partial charge in [0.15, 0.2) is 17.5 Å². The zero-order valence-corrected chi connectivity index (χ0v) is 21.0. The summed E-state index contributed by atoms with van der Waals surface area (Å²) in [7, 11) is 5.11. The molecule has 1 unspecified atom stereocenters. The molecular weight excluding hydrogens is 495 g/mol. The molecule has 1 aliphatic rings. The van der Waals surface area contributed by atoms with Gasteiger partial charge in [-0.15, -0.1) is 24.0 Å². The van der Waals surface area contributed by atoms with E-state index in [0.29, 0.717) is 29.9 Å². The molecule has 1 fully saturated rings. The summed E-state index contributed by atoms with van der Waals surface area (Å²) in [6.45, 7) is 3.55. The number of carbonyl (C=O) groups is 1. The van der Waals surface area contributed by atoms with Gasteiger partial charge in [0.1, 0.15) is 12.6 Å². The van der Waals surface area contributed by atoms with Crippen LogP contribution in [0.25, 0.3) is 0 Å². The van der Waals surface area contributed by atoms with Crippen molar-refractivity contribution in [2.45, 2.75) is 45.1 Å². The number of para-hydroxylation sites is 2. The van der Waals surface area contributed by atoms with Gasteiger partial charge >= 0.3 is 0 Å². The number of amides is 1. The highest BCUT2D eigenvalue weighted by Gasteiger charge is 2.15. The number of carbonyl (C=O) groups excluding carboxylic acids is 1. The summed E-state index contributed by atoms with van der Waals surface area (Å²) < 4.78 is 11.3. The average Bonchev–Trinajstić information content (AvgIpc) is 2.74. The number of nitrogens with one attached hydrogen (secondary N) is 2. The molecule has 30 heavy (non-hydrogen) atoms. The molecule has 0 aromatic heterocycles. The number of guanidine groups is 1. The Morgan fingerprint density at radius 3 is 2.47 bits per heavy atom. The lowest BCUT2D eigenvalue weighted by Crippen LogP contribution is -2.44. The van der Waals surface area contributed by atoms with E-state index in [2.05, 4.69) is 15.6 Å². The number of likely N-dealkylation sites (N-methyl/N-ethyl adjacent to an activating group) is 1. The van der Waals surface area contributed by atoms with Crippen molar-refractivity contribution in [1.29, 1.82) is 0 Å². The predicted octanol–water partition coefficient (Wildman–Crippen LogP) is 3.28. The van der Waals surface area contributed by atoms with E-state index in [-0.39, 0.29) is 42.5 Å². The minimum absolute atomic E-state index is 0. The average molecular weight is 532 g/mol. The molecule has 0 radical (unpaired) electrons. The van der Waals surface area contributed by atoms with Crippen LogP contribution in [0.3, 0.4) is 0 Å². The third-order valence-electron chi connectivity index (χ3n) is 5.11. The Morgan fingerprint density at radius 1 is 1.17 bits per heavy atom. The van der Waals surface area contributed by atoms with Gasteiger partial charge < -0.3 is 25.0 Å². The zero-order chi connectivity index (χ0) is 21.1. The lowest BCUT2D eigenvalue weighted by molar-refractivity contribution is -0.127. The second-order valence-corrected chi connectivity index (χ2v) is 7.80. The van der Waals surface area contributed by atoms with Gasteiger partial charge in [0, 0.05) is 20.6 Å². The van der Waals surface area contributed by atoms with Crippen molar-refractivity contribution in [3.8, 4) is 11.5 Å². The minimum Gasteiger partial charge on any atom is -0.493 e. The molecule has 1 saturated carbocycles. The van der Waals surface area contributed by atoms with Crippen molar-refractivity contribution in [2.24, 2.45) is 10.9 Å². The summed E-state index contributed by atoms with van der Waals surface area (Å²) in [4.78, 5) is 17.9. The Hall–Kier alpha value is -1.71. The summed E-state index contributed by atoms with van der Waals surface area (Å²) in [6, 6.07) is 7.60. The van der Waals surface area contributed by atoms with Crippen molar-refractivity contribution in [3.05, 3.63) is 24.3 Å². The fourth-order valence-electron chi connectivity index (χ4n) is 3.31. The third-order valence-corrected chi connectivity index (χ3v) is 5.11. The van der Waals surface area contributed by atoms with E-state index in [9.17, 15) is 4.79 Å². The van der Waals surface area contributed by atoms with E-state index < -0.39 is 0 Å². The molecule has 2 N–H and O–H groups in total. The van der Waals surface area contributed by atoms with Gasteiger partial charge in [0.05, 0.1) is 13.7 Å². The van der Waals surface area contributed by atoms with Crippen LogP contribution in [0.2, 0.25) is 0 Å². The molecule has 0 saturated heterocycles. The smallest absolute Gasteiger partial charge is 0.243 e. The van der Waals surface area contributed by atoms with Gasteiger partial charge in [-0.05, 0) is 37.8 Å². The van der Waals surface area contributed by atoms with Crippen molar-refractivity contribution in [3.63, 3.8) is 0 Å². The van der Waals surface area contributed by atoms with Gasteiger partial charge in [-0.25, -0.2) is 4.99 Å². The molecule has 7 nitrogen and oxygen atoms in total. The van der Waals surface area contributed by atoms with E-state index in [4.69, 9.17) is 9.47 Å². The first-order valence-electron chi connectivity index (χ1n) is 10.5. The number of methoxy groups -OCH3 is 1. The molecule has 0 spiro atoms. The topological polar surface area (TPSA) is 75.2 Å². The monoisotopic (exact) mass is 532 g/mol. The van der Waals surface area contributed by atoms with Crippen LogP contribution >= 0.6 is 24.0 Å². The van der Waals surface area contributed by atoms with Gasteiger partial charge in [-0.1, -0.05) is 31.4 Å². The molecule has 170 valence electrons. The van der Waals surface area contributed by atoms with Crippen molar-refractivity contribution in [1.82, 2.24) is 15.5 Å². The van der Waals surface area contributed by atoms with Gasteiger partial charge in [-0.3, -0.25) is 4.79 Å². The zero-order valence-electron chi connectivity index (χ0n) is 18.6. The number of halogens is 1. The maximum absolute atomic E-state index is 11.9. The number of aliphatic imine (C=N–C) groups is 1. The Labute approximate surface area is 198 Å². The Morgan fingerprint density at radius 2 is 1.83 bits per heavy atom. The highest BCUT2D eigenvalue weighted by atomic mass is 127. The lowest BCUT2D eigenvalue weighted by Gasteiger charge is -2.24. The number of benzene rings is 1. The van der Waals surface area contributed by atoms with E-state index in [1.165, 1.54) is 32.1 Å². The van der Waals surface area contributed by atoms with Crippen LogP contribution in [0.1, 0.15) is 39.0 Å². The summed E-state index contributed by atoms with van der Waals surface area (Å²) in [6.07, 6.45) is 6.35. The normalized spacial score (nSPS) is 15.5. The van der Waals surface area contributed by atoms with Crippen molar-refractivity contribution >= 4 is 35.8 Å². The summed E-state index contributed by atoms with van der Waals surface area (Å²) in [5.74, 6) is 2.71. The number of ether oxygens (including phenoxy) is 2. The van der Waals surface area contributed by atoms with Crippen LogP contribution in [0, 0.1) is 5.92 Å². The van der Waals surface area contributed by atoms with Crippen LogP contribution < -0.4 is 20.1 Å². The fourth-order valence-corrected chi connectivity index (χ4v) is 3.31. The molecule has 1 aromatic rings. The molecule has 1 amide bonds. The fraction of sp³-hybridized carbons (Fsp3) is 0.636. The lowest BCUT2D eigenvalue weighted by atomic mass is 9.89. The van der Waals surface area contributed by atoms with E-state index in [0.717, 1.165) is 6.54 Å². The second-order valence-electron chi connectivity index (χ2n) is 7.80. The number of nitrogens with zero attached hydrogens (tertiary/aromatic N) is 2. The van der Waals surface area contributed by atoms with Crippen LogP contribution in [0.5, 0.6) is 11.5 Å². The second kappa shape index (κ2) is 14.3. The van der Waals surface area contributed by atoms with Crippen molar-refractivity contribution in [2.75, 3.05) is 40.8 Å². The summed E-state index contributed by atoms with van der Waals surface area (Å²) in [5, 5.41) is 6.73.